The second kappa shape index (κ2) is 12.1. The molecule has 0 amide bonds. The number of benzene rings is 1. The lowest BCUT2D eigenvalue weighted by Crippen LogP contribution is -2.14. The molecule has 0 aliphatic carbocycles. The van der Waals surface area contributed by atoms with Crippen molar-refractivity contribution in [3.63, 3.8) is 0 Å². The van der Waals surface area contributed by atoms with Crippen molar-refractivity contribution >= 4 is 5.78 Å². The number of Topliss-reactive ketones (excluding diaryl/α,β-unsaturated/α-hetero) is 1. The van der Waals surface area contributed by atoms with E-state index >= 15 is 0 Å². The van der Waals surface area contributed by atoms with Crippen molar-refractivity contribution in [2.24, 2.45) is 0 Å². The van der Waals surface area contributed by atoms with Crippen LogP contribution in [0.3, 0.4) is 0 Å². The average molecular weight is 461 g/mol. The van der Waals surface area contributed by atoms with Crippen LogP contribution >= 0.6 is 0 Å². The predicted octanol–water partition coefficient (Wildman–Crippen LogP) is 6.96. The maximum absolute atomic E-state index is 13.5. The third-order valence-electron chi connectivity index (χ3n) is 6.20. The molecule has 0 unspecified atom stereocenters. The van der Waals surface area contributed by atoms with Gasteiger partial charge in [-0.15, -0.1) is 0 Å². The molecule has 0 aliphatic heterocycles. The monoisotopic (exact) mass is 460 g/mol. The number of rotatable bonds is 12. The lowest BCUT2D eigenvalue weighted by Gasteiger charge is -2.17. The number of pyridine rings is 1. The van der Waals surface area contributed by atoms with Crippen molar-refractivity contribution in [2.45, 2.75) is 85.3 Å². The summed E-state index contributed by atoms with van der Waals surface area (Å²) in [4.78, 5) is 17.8. The summed E-state index contributed by atoms with van der Waals surface area (Å²) >= 11 is 0. The molecule has 0 spiro atoms. The summed E-state index contributed by atoms with van der Waals surface area (Å²) in [6, 6.07) is 14.8. The Morgan fingerprint density at radius 1 is 0.941 bits per heavy atom. The fraction of sp³-hybridized carbons (Fsp3) is 0.467. The summed E-state index contributed by atoms with van der Waals surface area (Å²) in [6.45, 7) is 14.2. The van der Waals surface area contributed by atoms with Crippen molar-refractivity contribution in [1.82, 2.24) is 9.55 Å². The minimum atomic E-state index is 0.189. The third kappa shape index (κ3) is 6.89. The highest BCUT2D eigenvalue weighted by molar-refractivity contribution is 5.98. The van der Waals surface area contributed by atoms with E-state index in [1.807, 2.05) is 12.3 Å². The van der Waals surface area contributed by atoms with E-state index in [0.29, 0.717) is 25.5 Å². The van der Waals surface area contributed by atoms with Crippen molar-refractivity contribution in [1.29, 1.82) is 0 Å². The van der Waals surface area contributed by atoms with Gasteiger partial charge in [-0.2, -0.15) is 0 Å². The van der Waals surface area contributed by atoms with Crippen LogP contribution in [0.2, 0.25) is 0 Å². The first-order valence-corrected chi connectivity index (χ1v) is 12.6. The fourth-order valence-corrected chi connectivity index (χ4v) is 4.43. The van der Waals surface area contributed by atoms with Gasteiger partial charge in [-0.25, -0.2) is 0 Å². The topological polar surface area (TPSA) is 44.1 Å². The smallest absolute Gasteiger partial charge is 0.165 e. The van der Waals surface area contributed by atoms with Crippen molar-refractivity contribution in [2.75, 3.05) is 6.61 Å². The van der Waals surface area contributed by atoms with Crippen LogP contribution in [0.1, 0.15) is 98.2 Å². The number of carbonyl (C=O) groups excluding carboxylic acids is 1. The van der Waals surface area contributed by atoms with E-state index in [4.69, 9.17) is 4.74 Å². The van der Waals surface area contributed by atoms with Crippen LogP contribution in [0.25, 0.3) is 0 Å². The number of nitrogens with zero attached hydrogens (tertiary/aromatic N) is 2. The first kappa shape index (κ1) is 25.9. The van der Waals surface area contributed by atoms with Gasteiger partial charge in [0, 0.05) is 48.7 Å². The first-order chi connectivity index (χ1) is 16.3. The quantitative estimate of drug-likeness (QED) is 0.274. The van der Waals surface area contributed by atoms with Crippen molar-refractivity contribution < 1.29 is 9.53 Å². The minimum absolute atomic E-state index is 0.189. The van der Waals surface area contributed by atoms with Gasteiger partial charge in [0.05, 0.1) is 12.7 Å². The van der Waals surface area contributed by atoms with E-state index in [9.17, 15) is 4.79 Å². The summed E-state index contributed by atoms with van der Waals surface area (Å²) in [5.41, 5.74) is 6.81. The zero-order valence-corrected chi connectivity index (χ0v) is 21.7. The summed E-state index contributed by atoms with van der Waals surface area (Å²) in [5.74, 6) is 0.939. The Balaban J connectivity index is 1.88. The van der Waals surface area contributed by atoms with Crippen molar-refractivity contribution in [3.05, 3.63) is 88.5 Å². The zero-order chi connectivity index (χ0) is 24.7. The standard InChI is InChI=1S/C30H40N2O2/c1-21(2)26-11-7-9-24(17-26)12-13-29(33)28-18-27(14-16-34-23(5)6)32(30(28)22(3)4)20-25-10-8-15-31-19-25/h7-11,15,17-19,21-23H,12-14,16,20H2,1-6H3. The zero-order valence-electron chi connectivity index (χ0n) is 21.7. The van der Waals surface area contributed by atoms with E-state index in [2.05, 4.69) is 87.5 Å². The summed E-state index contributed by atoms with van der Waals surface area (Å²) < 4.78 is 8.16. The maximum atomic E-state index is 13.5. The van der Waals surface area contributed by atoms with Crippen molar-refractivity contribution in [3.8, 4) is 0 Å². The lowest BCUT2D eigenvalue weighted by atomic mass is 9.96. The number of ketones is 1. The van der Waals surface area contributed by atoms with Gasteiger partial charge in [0.15, 0.2) is 5.78 Å². The molecule has 0 atom stereocenters. The summed E-state index contributed by atoms with van der Waals surface area (Å²) in [7, 11) is 0. The van der Waals surface area contributed by atoms with Gasteiger partial charge in [0.1, 0.15) is 0 Å². The molecule has 182 valence electrons. The Kier molecular flexibility index (Phi) is 9.23. The molecule has 0 fully saturated rings. The SMILES string of the molecule is CC(C)OCCc1cc(C(=O)CCc2cccc(C(C)C)c2)c(C(C)C)n1Cc1cccnc1. The first-order valence-electron chi connectivity index (χ1n) is 12.6. The third-order valence-corrected chi connectivity index (χ3v) is 6.20. The molecule has 34 heavy (non-hydrogen) atoms. The molecule has 0 radical (unpaired) electrons. The van der Waals surface area contributed by atoms with E-state index in [0.717, 1.165) is 35.4 Å². The average Bonchev–Trinajstić information content (AvgIpc) is 3.16. The molecule has 4 heteroatoms. The van der Waals surface area contributed by atoms with Crippen LogP contribution in [-0.2, 0) is 24.1 Å². The van der Waals surface area contributed by atoms with Gasteiger partial charge in [0.2, 0.25) is 0 Å². The Labute approximate surface area is 205 Å². The summed E-state index contributed by atoms with van der Waals surface area (Å²) in [6.07, 6.45) is 5.94. The van der Waals surface area contributed by atoms with Gasteiger partial charge >= 0.3 is 0 Å². The number of hydrogen-bond donors (Lipinski definition) is 0. The highest BCUT2D eigenvalue weighted by Crippen LogP contribution is 2.28. The molecule has 4 nitrogen and oxygen atoms in total. The largest absolute Gasteiger partial charge is 0.378 e. The number of aromatic nitrogens is 2. The molecule has 0 saturated carbocycles. The molecule has 3 aromatic rings. The molecule has 0 bridgehead atoms. The van der Waals surface area contributed by atoms with Gasteiger partial charge in [-0.1, -0.05) is 58.0 Å². The van der Waals surface area contributed by atoms with Gasteiger partial charge in [-0.05, 0) is 60.9 Å². The molecular formula is C30H40N2O2. The Bertz CT molecular complexity index is 1060. The molecule has 2 aromatic heterocycles. The highest BCUT2D eigenvalue weighted by Gasteiger charge is 2.22. The Hall–Kier alpha value is -2.72. The molecule has 1 aromatic carbocycles. The second-order valence-electron chi connectivity index (χ2n) is 10.0. The minimum Gasteiger partial charge on any atom is -0.378 e. The number of hydrogen-bond acceptors (Lipinski definition) is 3. The van der Waals surface area contributed by atoms with E-state index < -0.39 is 0 Å². The molecule has 0 saturated heterocycles. The molecule has 0 aliphatic rings. The van der Waals surface area contributed by atoms with Crippen LogP contribution in [0.5, 0.6) is 0 Å². The van der Waals surface area contributed by atoms with E-state index in [-0.39, 0.29) is 17.8 Å². The van der Waals surface area contributed by atoms with Crippen LogP contribution in [0.15, 0.2) is 54.9 Å². The van der Waals surface area contributed by atoms with Crippen LogP contribution in [0, 0.1) is 0 Å². The Morgan fingerprint density at radius 3 is 2.35 bits per heavy atom. The number of aryl methyl sites for hydroxylation is 1. The van der Waals surface area contributed by atoms with E-state index in [1.54, 1.807) is 6.20 Å². The van der Waals surface area contributed by atoms with Gasteiger partial charge in [-0.3, -0.25) is 9.78 Å². The molecule has 2 heterocycles. The van der Waals surface area contributed by atoms with Gasteiger partial charge in [0.25, 0.3) is 0 Å². The normalized spacial score (nSPS) is 11.7. The van der Waals surface area contributed by atoms with E-state index in [1.165, 1.54) is 11.1 Å². The number of carbonyl (C=O) groups is 1. The maximum Gasteiger partial charge on any atom is 0.165 e. The summed E-state index contributed by atoms with van der Waals surface area (Å²) in [5, 5.41) is 0. The Morgan fingerprint density at radius 2 is 1.71 bits per heavy atom. The van der Waals surface area contributed by atoms with Crippen LogP contribution in [0.4, 0.5) is 0 Å². The molecule has 0 N–H and O–H groups in total. The highest BCUT2D eigenvalue weighted by atomic mass is 16.5. The van der Waals surface area contributed by atoms with Crippen LogP contribution in [-0.4, -0.2) is 28.0 Å². The second-order valence-corrected chi connectivity index (χ2v) is 10.0. The van der Waals surface area contributed by atoms with Gasteiger partial charge < -0.3 is 9.30 Å². The molecule has 3 rings (SSSR count). The molecular weight excluding hydrogens is 420 g/mol. The predicted molar refractivity (Wildman–Crippen MR) is 140 cm³/mol. The lowest BCUT2D eigenvalue weighted by molar-refractivity contribution is 0.0804. The fourth-order valence-electron chi connectivity index (χ4n) is 4.43. The van der Waals surface area contributed by atoms with Crippen LogP contribution < -0.4 is 0 Å². The number of ether oxygens (including phenoxy) is 1.